The zero-order chi connectivity index (χ0) is 26.3. The summed E-state index contributed by atoms with van der Waals surface area (Å²) in [5.41, 5.74) is 1.48. The second kappa shape index (κ2) is 12.4. The number of H-pyrrole nitrogens is 1. The van der Waals surface area contributed by atoms with Crippen molar-refractivity contribution in [2.75, 3.05) is 32.9 Å². The highest BCUT2D eigenvalue weighted by Gasteiger charge is 2.26. The van der Waals surface area contributed by atoms with E-state index in [2.05, 4.69) is 15.1 Å². The number of rotatable bonds is 14. The molecule has 36 heavy (non-hydrogen) atoms. The van der Waals surface area contributed by atoms with Gasteiger partial charge in [0.25, 0.3) is 5.56 Å². The summed E-state index contributed by atoms with van der Waals surface area (Å²) in [6, 6.07) is 4.47. The third kappa shape index (κ3) is 5.94. The maximum atomic E-state index is 13.5. The Kier molecular flexibility index (Phi) is 9.60. The fourth-order valence-electron chi connectivity index (χ4n) is 3.97. The Bertz CT molecular complexity index is 1330. The molecule has 0 bridgehead atoms. The van der Waals surface area contributed by atoms with Crippen molar-refractivity contribution in [2.24, 2.45) is 7.05 Å². The summed E-state index contributed by atoms with van der Waals surface area (Å²) >= 11 is 0. The van der Waals surface area contributed by atoms with Crippen LogP contribution >= 0.6 is 0 Å². The molecule has 198 valence electrons. The second-order valence-corrected chi connectivity index (χ2v) is 10.4. The van der Waals surface area contributed by atoms with E-state index in [9.17, 15) is 23.4 Å². The number of hydrogen-bond donors (Lipinski definition) is 3. The Morgan fingerprint density at radius 2 is 1.81 bits per heavy atom. The molecule has 1 aromatic carbocycles. The van der Waals surface area contributed by atoms with Gasteiger partial charge in [0.05, 0.1) is 22.8 Å². The van der Waals surface area contributed by atoms with Gasteiger partial charge >= 0.3 is 0 Å². The largest absolute Gasteiger partial charge is 0.493 e. The van der Waals surface area contributed by atoms with Crippen LogP contribution in [-0.2, 0) is 23.5 Å². The number of aliphatic hydroxyl groups is 2. The summed E-state index contributed by atoms with van der Waals surface area (Å²) in [4.78, 5) is 20.5. The van der Waals surface area contributed by atoms with Gasteiger partial charge in [-0.05, 0) is 43.9 Å². The lowest BCUT2D eigenvalue weighted by atomic mass is 10.1. The highest BCUT2D eigenvalue weighted by atomic mass is 32.2. The van der Waals surface area contributed by atoms with Crippen molar-refractivity contribution >= 4 is 21.1 Å². The Morgan fingerprint density at radius 3 is 2.42 bits per heavy atom. The maximum Gasteiger partial charge on any atom is 0.277 e. The summed E-state index contributed by atoms with van der Waals surface area (Å²) in [6.45, 7) is 4.28. The molecule has 0 saturated carbocycles. The molecule has 0 aliphatic rings. The van der Waals surface area contributed by atoms with Gasteiger partial charge in [-0.15, -0.1) is 0 Å². The highest BCUT2D eigenvalue weighted by molar-refractivity contribution is 7.89. The summed E-state index contributed by atoms with van der Waals surface area (Å²) < 4.78 is 35.6. The molecule has 0 spiro atoms. The Hall–Kier alpha value is -2.80. The van der Waals surface area contributed by atoms with Gasteiger partial charge in [-0.3, -0.25) is 9.48 Å². The van der Waals surface area contributed by atoms with Crippen LogP contribution in [0, 0.1) is 0 Å². The molecular weight excluding hydrogens is 486 g/mol. The first kappa shape index (κ1) is 27.8. The molecule has 0 unspecified atom stereocenters. The van der Waals surface area contributed by atoms with E-state index in [1.165, 1.54) is 21.1 Å². The number of ether oxygens (including phenoxy) is 1. The average molecular weight is 522 g/mol. The number of aromatic amines is 1. The van der Waals surface area contributed by atoms with Crippen LogP contribution in [0.1, 0.15) is 45.2 Å². The average Bonchev–Trinajstić information content (AvgIpc) is 3.18. The lowest BCUT2D eigenvalue weighted by Crippen LogP contribution is -2.34. The number of aromatic nitrogens is 4. The summed E-state index contributed by atoms with van der Waals surface area (Å²) in [5.74, 6) is 0.592. The van der Waals surface area contributed by atoms with Gasteiger partial charge in [0.2, 0.25) is 10.0 Å². The third-order valence-electron chi connectivity index (χ3n) is 5.69. The van der Waals surface area contributed by atoms with Gasteiger partial charge in [0.15, 0.2) is 5.52 Å². The molecule has 3 N–H and O–H groups in total. The van der Waals surface area contributed by atoms with Crippen LogP contribution in [0.4, 0.5) is 0 Å². The van der Waals surface area contributed by atoms with Gasteiger partial charge in [-0.25, -0.2) is 13.4 Å². The zero-order valence-corrected chi connectivity index (χ0v) is 21.8. The highest BCUT2D eigenvalue weighted by Crippen LogP contribution is 2.32. The molecule has 0 saturated heterocycles. The first-order valence-electron chi connectivity index (χ1n) is 12.2. The van der Waals surface area contributed by atoms with Crippen LogP contribution in [0.5, 0.6) is 5.75 Å². The van der Waals surface area contributed by atoms with E-state index >= 15 is 0 Å². The van der Waals surface area contributed by atoms with Gasteiger partial charge in [0.1, 0.15) is 17.1 Å². The number of sulfonamides is 1. The fraction of sp³-hybridized carbons (Fsp3) is 0.542. The van der Waals surface area contributed by atoms with Crippen molar-refractivity contribution in [3.63, 3.8) is 0 Å². The molecule has 0 atom stereocenters. The van der Waals surface area contributed by atoms with E-state index in [0.29, 0.717) is 41.1 Å². The normalized spacial score (nSPS) is 12.1. The zero-order valence-electron chi connectivity index (χ0n) is 21.0. The molecule has 0 aliphatic heterocycles. The van der Waals surface area contributed by atoms with Gasteiger partial charge in [0, 0.05) is 33.4 Å². The van der Waals surface area contributed by atoms with Crippen LogP contribution in [0.15, 0.2) is 27.9 Å². The minimum absolute atomic E-state index is 0.0000534. The molecule has 12 heteroatoms. The van der Waals surface area contributed by atoms with E-state index in [4.69, 9.17) is 4.74 Å². The van der Waals surface area contributed by atoms with Crippen LogP contribution in [0.2, 0.25) is 0 Å². The predicted molar refractivity (Wildman–Crippen MR) is 137 cm³/mol. The van der Waals surface area contributed by atoms with Crippen LogP contribution in [-0.4, -0.2) is 75.6 Å². The Balaban J connectivity index is 2.18. The second-order valence-electron chi connectivity index (χ2n) is 8.50. The van der Waals surface area contributed by atoms with Crippen LogP contribution < -0.4 is 10.3 Å². The van der Waals surface area contributed by atoms with Crippen molar-refractivity contribution in [3.8, 4) is 17.1 Å². The minimum atomic E-state index is -3.96. The number of hydrogen-bond acceptors (Lipinski definition) is 8. The lowest BCUT2D eigenvalue weighted by molar-refractivity contribution is 0.250. The van der Waals surface area contributed by atoms with Gasteiger partial charge in [-0.1, -0.05) is 20.3 Å². The standard InChI is InChI=1S/C24H35N5O6S/c1-4-8-19-21-22(28(3)27-19)24(32)26-23(25-21)18-16-17(9-10-20(18)35-15-5-2)36(33,34)29(11-6-13-30)12-7-14-31/h9-10,16,30-31H,4-8,11-15H2,1-3H3,(H,25,26,32). The minimum Gasteiger partial charge on any atom is -0.493 e. The molecule has 3 rings (SSSR count). The number of nitrogens with one attached hydrogen (secondary N) is 1. The van der Waals surface area contributed by atoms with E-state index < -0.39 is 10.0 Å². The van der Waals surface area contributed by atoms with Crippen molar-refractivity contribution in [2.45, 2.75) is 50.8 Å². The van der Waals surface area contributed by atoms with Crippen molar-refractivity contribution in [1.82, 2.24) is 24.1 Å². The maximum absolute atomic E-state index is 13.5. The number of fused-ring (bicyclic) bond motifs is 1. The molecular formula is C24H35N5O6S. The van der Waals surface area contributed by atoms with Crippen LogP contribution in [0.25, 0.3) is 22.4 Å². The molecule has 3 aromatic rings. The molecule has 0 amide bonds. The van der Waals surface area contributed by atoms with E-state index in [1.807, 2.05) is 13.8 Å². The van der Waals surface area contributed by atoms with Gasteiger partial charge in [-0.2, -0.15) is 9.40 Å². The topological polar surface area (TPSA) is 151 Å². The molecule has 0 fully saturated rings. The predicted octanol–water partition coefficient (Wildman–Crippen LogP) is 1.82. The SMILES string of the molecule is CCCOc1ccc(S(=O)(=O)N(CCCO)CCCO)cc1-c1nc2c(CCC)nn(C)c2c(=O)[nH]1. The first-order chi connectivity index (χ1) is 17.3. The van der Waals surface area contributed by atoms with Crippen LogP contribution in [0.3, 0.4) is 0 Å². The number of nitrogens with zero attached hydrogens (tertiary/aromatic N) is 4. The molecule has 2 heterocycles. The Morgan fingerprint density at radius 1 is 1.11 bits per heavy atom. The number of aliphatic hydroxyl groups excluding tert-OH is 2. The third-order valence-corrected chi connectivity index (χ3v) is 7.58. The fourth-order valence-corrected chi connectivity index (χ4v) is 5.51. The van der Waals surface area contributed by atoms with Gasteiger partial charge < -0.3 is 19.9 Å². The molecule has 2 aromatic heterocycles. The first-order valence-corrected chi connectivity index (χ1v) is 13.7. The van der Waals surface area contributed by atoms with E-state index in [1.54, 1.807) is 13.1 Å². The molecule has 0 aliphatic carbocycles. The van der Waals surface area contributed by atoms with E-state index in [0.717, 1.165) is 12.8 Å². The smallest absolute Gasteiger partial charge is 0.277 e. The molecule has 0 radical (unpaired) electrons. The van der Waals surface area contributed by atoms with E-state index in [-0.39, 0.29) is 55.4 Å². The summed E-state index contributed by atoms with van der Waals surface area (Å²) in [5, 5.41) is 22.9. The van der Waals surface area contributed by atoms with Crippen molar-refractivity contribution in [3.05, 3.63) is 34.2 Å². The number of benzene rings is 1. The molecule has 11 nitrogen and oxygen atoms in total. The Labute approximate surface area is 210 Å². The summed E-state index contributed by atoms with van der Waals surface area (Å²) in [7, 11) is -2.27. The van der Waals surface area contributed by atoms with Crippen molar-refractivity contribution in [1.29, 1.82) is 0 Å². The number of aryl methyl sites for hydroxylation is 2. The lowest BCUT2D eigenvalue weighted by Gasteiger charge is -2.22. The van der Waals surface area contributed by atoms with Crippen molar-refractivity contribution < 1.29 is 23.4 Å². The summed E-state index contributed by atoms with van der Waals surface area (Å²) in [6.07, 6.45) is 2.74. The quantitative estimate of drug-likeness (QED) is 0.291. The monoisotopic (exact) mass is 521 g/mol.